The molecule has 2 saturated heterocycles. The minimum Gasteiger partial charge on any atom is -0.348 e. The number of likely N-dealkylation sites (tertiary alicyclic amines) is 1. The van der Waals surface area contributed by atoms with Crippen LogP contribution < -0.4 is 10.2 Å². The predicted octanol–water partition coefficient (Wildman–Crippen LogP) is 4.08. The number of amides is 1. The second-order valence-electron chi connectivity index (χ2n) is 8.98. The van der Waals surface area contributed by atoms with E-state index < -0.39 is 11.6 Å². The van der Waals surface area contributed by atoms with Crippen LogP contribution in [0.2, 0.25) is 0 Å². The number of rotatable bonds is 6. The summed E-state index contributed by atoms with van der Waals surface area (Å²) in [6.45, 7) is 8.80. The number of piperidine rings is 2. The van der Waals surface area contributed by atoms with Crippen LogP contribution in [-0.2, 0) is 6.54 Å². The Morgan fingerprint density at radius 1 is 1.22 bits per heavy atom. The van der Waals surface area contributed by atoms with Crippen molar-refractivity contribution in [1.29, 1.82) is 0 Å². The van der Waals surface area contributed by atoms with Gasteiger partial charge in [0.2, 0.25) is 0 Å². The maximum absolute atomic E-state index is 13.7. The average Bonchev–Trinajstić information content (AvgIpc) is 3.28. The van der Waals surface area contributed by atoms with Crippen molar-refractivity contribution in [3.63, 3.8) is 0 Å². The Balaban J connectivity index is 1.35. The van der Waals surface area contributed by atoms with Crippen LogP contribution in [0.1, 0.15) is 54.9 Å². The van der Waals surface area contributed by atoms with E-state index in [9.17, 15) is 13.6 Å². The van der Waals surface area contributed by atoms with Gasteiger partial charge in [0, 0.05) is 31.7 Å². The monoisotopic (exact) mass is 463 g/mol. The SMILES string of the molecule is CCC1CN(c2ncc(C(=O)NCc3ncc(F)cc3F)s2)CCC1N1CCC[C@@H](C)C1. The third-order valence-electron chi connectivity index (χ3n) is 6.66. The lowest BCUT2D eigenvalue weighted by molar-refractivity contribution is 0.0763. The van der Waals surface area contributed by atoms with E-state index in [0.717, 1.165) is 49.2 Å². The molecule has 4 rings (SSSR count). The Morgan fingerprint density at radius 3 is 2.81 bits per heavy atom. The Bertz CT molecular complexity index is 939. The van der Waals surface area contributed by atoms with Gasteiger partial charge < -0.3 is 10.2 Å². The van der Waals surface area contributed by atoms with Crippen molar-refractivity contribution in [1.82, 2.24) is 20.2 Å². The van der Waals surface area contributed by atoms with E-state index in [-0.39, 0.29) is 18.1 Å². The Morgan fingerprint density at radius 2 is 2.06 bits per heavy atom. The summed E-state index contributed by atoms with van der Waals surface area (Å²) in [5, 5.41) is 3.50. The number of pyridine rings is 1. The molecule has 2 aliphatic rings. The molecule has 4 heterocycles. The third-order valence-corrected chi connectivity index (χ3v) is 7.72. The fourth-order valence-corrected chi connectivity index (χ4v) is 5.81. The largest absolute Gasteiger partial charge is 0.348 e. The standard InChI is InChI=1S/C23H31F2N5OS/c1-3-16-14-30(8-6-20(16)29-7-4-5-15(2)13-29)23-28-12-21(32-23)22(31)27-11-19-18(25)9-17(24)10-26-19/h9-10,12,15-16,20H,3-8,11,13-14H2,1-2H3,(H,27,31)/t15-,16?,20?/m1/s1. The number of aromatic nitrogens is 2. The van der Waals surface area contributed by atoms with E-state index >= 15 is 0 Å². The molecule has 9 heteroatoms. The first-order chi connectivity index (χ1) is 15.4. The normalized spacial score (nSPS) is 24.5. The summed E-state index contributed by atoms with van der Waals surface area (Å²) in [5.74, 6) is -0.482. The highest BCUT2D eigenvalue weighted by atomic mass is 32.1. The van der Waals surface area contributed by atoms with E-state index in [4.69, 9.17) is 0 Å². The molecule has 0 spiro atoms. The summed E-state index contributed by atoms with van der Waals surface area (Å²) in [6.07, 6.45) is 7.37. The number of nitrogens with one attached hydrogen (secondary N) is 1. The van der Waals surface area contributed by atoms with Gasteiger partial charge in [-0.25, -0.2) is 13.8 Å². The van der Waals surface area contributed by atoms with Gasteiger partial charge in [0.05, 0.1) is 24.6 Å². The molecule has 32 heavy (non-hydrogen) atoms. The van der Waals surface area contributed by atoms with Gasteiger partial charge in [0.25, 0.3) is 5.91 Å². The Labute approximate surface area is 192 Å². The number of halogens is 2. The van der Waals surface area contributed by atoms with Gasteiger partial charge in [-0.05, 0) is 37.6 Å². The van der Waals surface area contributed by atoms with E-state index in [2.05, 4.69) is 38.9 Å². The van der Waals surface area contributed by atoms with Gasteiger partial charge >= 0.3 is 0 Å². The number of hydrogen-bond acceptors (Lipinski definition) is 6. The van der Waals surface area contributed by atoms with Gasteiger partial charge in [-0.3, -0.25) is 14.7 Å². The quantitative estimate of drug-likeness (QED) is 0.700. The van der Waals surface area contributed by atoms with Crippen LogP contribution in [0.4, 0.5) is 13.9 Å². The molecule has 0 saturated carbocycles. The highest BCUT2D eigenvalue weighted by Gasteiger charge is 2.34. The minimum absolute atomic E-state index is 0.00406. The van der Waals surface area contributed by atoms with Gasteiger partial charge in [-0.1, -0.05) is 31.6 Å². The molecule has 2 aliphatic heterocycles. The average molecular weight is 464 g/mol. The topological polar surface area (TPSA) is 61.4 Å². The zero-order valence-electron chi connectivity index (χ0n) is 18.7. The lowest BCUT2D eigenvalue weighted by Crippen LogP contribution is -2.53. The third kappa shape index (κ3) is 5.26. The molecule has 6 nitrogen and oxygen atoms in total. The molecule has 1 N–H and O–H groups in total. The van der Waals surface area contributed by atoms with Crippen LogP contribution in [0.5, 0.6) is 0 Å². The molecule has 2 unspecified atom stereocenters. The Hall–Kier alpha value is -2.13. The fraction of sp³-hybridized carbons (Fsp3) is 0.609. The molecule has 1 amide bonds. The van der Waals surface area contributed by atoms with Crippen molar-refractivity contribution in [2.45, 2.75) is 52.1 Å². The fourth-order valence-electron chi connectivity index (χ4n) is 4.94. The van der Waals surface area contributed by atoms with Gasteiger partial charge in [0.15, 0.2) is 5.13 Å². The van der Waals surface area contributed by atoms with E-state index in [1.54, 1.807) is 6.20 Å². The minimum atomic E-state index is -0.771. The van der Waals surface area contributed by atoms with Crippen LogP contribution >= 0.6 is 11.3 Å². The van der Waals surface area contributed by atoms with Gasteiger partial charge in [-0.2, -0.15) is 0 Å². The van der Waals surface area contributed by atoms with Crippen LogP contribution in [0.25, 0.3) is 0 Å². The number of carbonyl (C=O) groups excluding carboxylic acids is 1. The van der Waals surface area contributed by atoms with Crippen molar-refractivity contribution in [3.05, 3.63) is 40.7 Å². The van der Waals surface area contributed by atoms with Gasteiger partial charge in [-0.15, -0.1) is 0 Å². The molecule has 2 fully saturated rings. The zero-order chi connectivity index (χ0) is 22.7. The molecule has 0 radical (unpaired) electrons. The van der Waals surface area contributed by atoms with Crippen LogP contribution in [0.3, 0.4) is 0 Å². The molecule has 2 aromatic heterocycles. The molecular weight excluding hydrogens is 432 g/mol. The number of hydrogen-bond donors (Lipinski definition) is 1. The summed E-state index contributed by atoms with van der Waals surface area (Å²) in [4.78, 5) is 26.2. The molecular formula is C23H31F2N5OS. The summed E-state index contributed by atoms with van der Waals surface area (Å²) in [6, 6.07) is 1.39. The summed E-state index contributed by atoms with van der Waals surface area (Å²) in [5.41, 5.74) is 0.00406. The molecule has 0 aromatic carbocycles. The first-order valence-electron chi connectivity index (χ1n) is 11.5. The smallest absolute Gasteiger partial charge is 0.263 e. The van der Waals surface area contributed by atoms with Crippen LogP contribution in [0, 0.1) is 23.5 Å². The highest BCUT2D eigenvalue weighted by Crippen LogP contribution is 2.32. The number of anilines is 1. The van der Waals surface area contributed by atoms with Crippen molar-refractivity contribution in [2.24, 2.45) is 11.8 Å². The second-order valence-corrected chi connectivity index (χ2v) is 9.99. The Kier molecular flexibility index (Phi) is 7.35. The summed E-state index contributed by atoms with van der Waals surface area (Å²) in [7, 11) is 0. The van der Waals surface area contributed by atoms with Crippen LogP contribution in [0.15, 0.2) is 18.5 Å². The number of thiazole rings is 1. The lowest BCUT2D eigenvalue weighted by atomic mass is 9.86. The summed E-state index contributed by atoms with van der Waals surface area (Å²) < 4.78 is 26.7. The molecule has 3 atom stereocenters. The first-order valence-corrected chi connectivity index (χ1v) is 12.3. The number of nitrogens with zero attached hydrogens (tertiary/aromatic N) is 4. The van der Waals surface area contributed by atoms with Crippen molar-refractivity contribution < 1.29 is 13.6 Å². The van der Waals surface area contributed by atoms with E-state index in [1.165, 1.54) is 37.3 Å². The lowest BCUT2D eigenvalue weighted by Gasteiger charge is -2.46. The predicted molar refractivity (Wildman–Crippen MR) is 122 cm³/mol. The van der Waals surface area contributed by atoms with Crippen molar-refractivity contribution in [3.8, 4) is 0 Å². The maximum atomic E-state index is 13.7. The van der Waals surface area contributed by atoms with Crippen LogP contribution in [-0.4, -0.2) is 53.0 Å². The molecule has 174 valence electrons. The number of carbonyl (C=O) groups is 1. The summed E-state index contributed by atoms with van der Waals surface area (Å²) >= 11 is 1.35. The maximum Gasteiger partial charge on any atom is 0.263 e. The molecule has 2 aromatic rings. The van der Waals surface area contributed by atoms with E-state index in [0.29, 0.717) is 16.8 Å². The van der Waals surface area contributed by atoms with Crippen molar-refractivity contribution >= 4 is 22.4 Å². The molecule has 0 aliphatic carbocycles. The molecule has 0 bridgehead atoms. The van der Waals surface area contributed by atoms with E-state index in [1.807, 2.05) is 0 Å². The highest BCUT2D eigenvalue weighted by molar-refractivity contribution is 7.17. The van der Waals surface area contributed by atoms with Crippen molar-refractivity contribution in [2.75, 3.05) is 31.1 Å². The van der Waals surface area contributed by atoms with Gasteiger partial charge in [0.1, 0.15) is 16.5 Å². The first kappa shape index (κ1) is 23.0. The zero-order valence-corrected chi connectivity index (χ0v) is 19.5. The second kappa shape index (κ2) is 10.2.